The molecule has 2 nitrogen and oxygen atoms in total. The van der Waals surface area contributed by atoms with Crippen molar-refractivity contribution in [1.29, 1.82) is 0 Å². The maximum Gasteiger partial charge on any atom is 0.0847 e. The summed E-state index contributed by atoms with van der Waals surface area (Å²) in [7, 11) is 0. The van der Waals surface area contributed by atoms with Gasteiger partial charge in [-0.05, 0) is 18.8 Å². The molecule has 0 radical (unpaired) electrons. The van der Waals surface area contributed by atoms with Gasteiger partial charge < -0.3 is 4.74 Å². The van der Waals surface area contributed by atoms with E-state index < -0.39 is 0 Å². The van der Waals surface area contributed by atoms with Crippen LogP contribution in [0.5, 0.6) is 0 Å². The first-order chi connectivity index (χ1) is 4.84. The molecule has 0 aromatic carbocycles. The molecule has 0 aromatic heterocycles. The summed E-state index contributed by atoms with van der Waals surface area (Å²) >= 11 is 3.38. The van der Waals surface area contributed by atoms with E-state index in [1.807, 2.05) is 0 Å². The maximum absolute atomic E-state index is 5.60. The van der Waals surface area contributed by atoms with Crippen LogP contribution in [-0.4, -0.2) is 29.7 Å². The number of halogens is 1. The first kappa shape index (κ1) is 7.07. The molecule has 1 saturated carbocycles. The summed E-state index contributed by atoms with van der Waals surface area (Å²) in [4.78, 5) is 0. The van der Waals surface area contributed by atoms with Gasteiger partial charge in [0.25, 0.3) is 0 Å². The summed E-state index contributed by atoms with van der Waals surface area (Å²) in [5.74, 6) is 0.907. The van der Waals surface area contributed by atoms with Gasteiger partial charge in [-0.3, -0.25) is 0 Å². The van der Waals surface area contributed by atoms with Crippen molar-refractivity contribution in [2.75, 3.05) is 19.7 Å². The maximum atomic E-state index is 5.60. The van der Waals surface area contributed by atoms with Crippen molar-refractivity contribution >= 4 is 16.1 Å². The van der Waals surface area contributed by atoms with E-state index in [0.717, 1.165) is 25.6 Å². The first-order valence-electron chi connectivity index (χ1n) is 3.87. The summed E-state index contributed by atoms with van der Waals surface area (Å²) in [6.07, 6.45) is 3.30. The molecule has 0 aromatic rings. The van der Waals surface area contributed by atoms with Crippen LogP contribution in [0.15, 0.2) is 0 Å². The second-order valence-corrected chi connectivity index (χ2v) is 4.23. The highest BCUT2D eigenvalue weighted by Gasteiger charge is 2.28. The van der Waals surface area contributed by atoms with Gasteiger partial charge in [-0.1, -0.05) is 0 Å². The second kappa shape index (κ2) is 2.80. The zero-order valence-electron chi connectivity index (χ0n) is 5.92. The molecule has 1 saturated heterocycles. The number of ether oxygens (including phenoxy) is 1. The van der Waals surface area contributed by atoms with E-state index in [1.54, 1.807) is 0 Å². The minimum absolute atomic E-state index is 0.514. The Bertz CT molecular complexity index is 121. The SMILES string of the molecule is BrN1CC(OCC2CC2)C1. The third-order valence-electron chi connectivity index (χ3n) is 2.07. The van der Waals surface area contributed by atoms with Crippen LogP contribution in [0.25, 0.3) is 0 Å². The molecule has 0 unspecified atom stereocenters. The second-order valence-electron chi connectivity index (χ2n) is 3.23. The van der Waals surface area contributed by atoms with E-state index in [1.165, 1.54) is 12.8 Å². The van der Waals surface area contributed by atoms with Crippen LogP contribution in [0.4, 0.5) is 0 Å². The molecule has 1 aliphatic carbocycles. The summed E-state index contributed by atoms with van der Waals surface area (Å²) in [6, 6.07) is 0. The molecule has 10 heavy (non-hydrogen) atoms. The molecule has 2 aliphatic rings. The fourth-order valence-electron chi connectivity index (χ4n) is 1.05. The van der Waals surface area contributed by atoms with E-state index in [-0.39, 0.29) is 0 Å². The van der Waals surface area contributed by atoms with E-state index in [0.29, 0.717) is 6.10 Å². The molecule has 1 aliphatic heterocycles. The number of rotatable bonds is 3. The molecule has 1 heterocycles. The van der Waals surface area contributed by atoms with Gasteiger partial charge in [0, 0.05) is 35.8 Å². The lowest BCUT2D eigenvalue weighted by atomic mass is 10.2. The zero-order chi connectivity index (χ0) is 6.97. The van der Waals surface area contributed by atoms with Crippen molar-refractivity contribution in [2.45, 2.75) is 18.9 Å². The van der Waals surface area contributed by atoms with Crippen LogP contribution in [0.2, 0.25) is 0 Å². The molecule has 3 heteroatoms. The largest absolute Gasteiger partial charge is 0.375 e. The molecular weight excluding hydrogens is 194 g/mol. The monoisotopic (exact) mass is 205 g/mol. The van der Waals surface area contributed by atoms with Crippen LogP contribution in [0.1, 0.15) is 12.8 Å². The van der Waals surface area contributed by atoms with E-state index in [4.69, 9.17) is 4.74 Å². The van der Waals surface area contributed by atoms with Crippen molar-refractivity contribution in [3.05, 3.63) is 0 Å². The third kappa shape index (κ3) is 1.71. The molecule has 58 valence electrons. The van der Waals surface area contributed by atoms with Crippen LogP contribution in [-0.2, 0) is 4.74 Å². The predicted molar refractivity (Wildman–Crippen MR) is 43.0 cm³/mol. The molecule has 2 rings (SSSR count). The van der Waals surface area contributed by atoms with Crippen molar-refractivity contribution < 1.29 is 4.74 Å². The first-order valence-corrected chi connectivity index (χ1v) is 4.58. The van der Waals surface area contributed by atoms with Crippen molar-refractivity contribution in [2.24, 2.45) is 5.92 Å². The quantitative estimate of drug-likeness (QED) is 0.647. The molecule has 0 amide bonds. The molecule has 0 N–H and O–H groups in total. The van der Waals surface area contributed by atoms with Gasteiger partial charge in [-0.25, -0.2) is 3.93 Å². The standard InChI is InChI=1S/C7H12BrNO/c8-9-3-7(4-9)10-5-6-1-2-6/h6-7H,1-5H2. The fourth-order valence-corrected chi connectivity index (χ4v) is 1.70. The highest BCUT2D eigenvalue weighted by Crippen LogP contribution is 2.30. The van der Waals surface area contributed by atoms with Gasteiger partial charge in [0.2, 0.25) is 0 Å². The molecular formula is C7H12BrNO. The Morgan fingerprint density at radius 3 is 2.60 bits per heavy atom. The van der Waals surface area contributed by atoms with Gasteiger partial charge in [0.05, 0.1) is 6.10 Å². The van der Waals surface area contributed by atoms with Crippen molar-refractivity contribution in [1.82, 2.24) is 3.93 Å². The average Bonchev–Trinajstić information content (AvgIpc) is 2.60. The van der Waals surface area contributed by atoms with Crippen LogP contribution in [0, 0.1) is 5.92 Å². The van der Waals surface area contributed by atoms with Gasteiger partial charge in [0.1, 0.15) is 0 Å². The van der Waals surface area contributed by atoms with E-state index in [9.17, 15) is 0 Å². The van der Waals surface area contributed by atoms with Gasteiger partial charge in [0.15, 0.2) is 0 Å². The Labute approximate surface area is 69.9 Å². The minimum atomic E-state index is 0.514. The normalized spacial score (nSPS) is 28.5. The number of nitrogens with zero attached hydrogens (tertiary/aromatic N) is 1. The Morgan fingerprint density at radius 2 is 2.10 bits per heavy atom. The Hall–Kier alpha value is 0.400. The zero-order valence-corrected chi connectivity index (χ0v) is 7.51. The Morgan fingerprint density at radius 1 is 1.40 bits per heavy atom. The molecule has 0 atom stereocenters. The topological polar surface area (TPSA) is 12.5 Å². The Balaban J connectivity index is 1.54. The minimum Gasteiger partial charge on any atom is -0.375 e. The highest BCUT2D eigenvalue weighted by atomic mass is 79.9. The average molecular weight is 206 g/mol. The summed E-state index contributed by atoms with van der Waals surface area (Å²) in [5, 5.41) is 0. The lowest BCUT2D eigenvalue weighted by Crippen LogP contribution is -2.46. The predicted octanol–water partition coefficient (Wildman–Crippen LogP) is 1.41. The van der Waals surface area contributed by atoms with Gasteiger partial charge in [-0.2, -0.15) is 0 Å². The highest BCUT2D eigenvalue weighted by molar-refractivity contribution is 9.07. The van der Waals surface area contributed by atoms with Crippen LogP contribution >= 0.6 is 16.1 Å². The smallest absolute Gasteiger partial charge is 0.0847 e. The van der Waals surface area contributed by atoms with Gasteiger partial charge >= 0.3 is 0 Å². The summed E-state index contributed by atoms with van der Waals surface area (Å²) in [5.41, 5.74) is 0. The number of hydrogen-bond donors (Lipinski definition) is 0. The van der Waals surface area contributed by atoms with Crippen molar-refractivity contribution in [3.63, 3.8) is 0 Å². The van der Waals surface area contributed by atoms with Crippen LogP contribution in [0.3, 0.4) is 0 Å². The summed E-state index contributed by atoms with van der Waals surface area (Å²) in [6.45, 7) is 3.13. The number of hydrogen-bond acceptors (Lipinski definition) is 2. The third-order valence-corrected chi connectivity index (χ3v) is 2.65. The Kier molecular flexibility index (Phi) is 1.98. The lowest BCUT2D eigenvalue weighted by molar-refractivity contribution is -0.0179. The fraction of sp³-hybridized carbons (Fsp3) is 1.00. The van der Waals surface area contributed by atoms with E-state index >= 15 is 0 Å². The molecule has 0 spiro atoms. The van der Waals surface area contributed by atoms with Crippen LogP contribution < -0.4 is 0 Å². The molecule has 0 bridgehead atoms. The molecule has 2 fully saturated rings. The summed E-state index contributed by atoms with van der Waals surface area (Å²) < 4.78 is 7.70. The van der Waals surface area contributed by atoms with E-state index in [2.05, 4.69) is 20.1 Å². The lowest BCUT2D eigenvalue weighted by Gasteiger charge is -2.33. The van der Waals surface area contributed by atoms with Gasteiger partial charge in [-0.15, -0.1) is 0 Å². The van der Waals surface area contributed by atoms with Crippen molar-refractivity contribution in [3.8, 4) is 0 Å².